The normalized spacial score (nSPS) is 11.3. The lowest BCUT2D eigenvalue weighted by Gasteiger charge is -2.05. The number of anilines is 1. The van der Waals surface area contributed by atoms with Crippen molar-refractivity contribution in [2.45, 2.75) is 20.8 Å². The van der Waals surface area contributed by atoms with E-state index in [1.54, 1.807) is 29.8 Å². The first kappa shape index (κ1) is 21.5. The zero-order valence-corrected chi connectivity index (χ0v) is 18.6. The number of nitrogens with zero attached hydrogens (tertiary/aromatic N) is 4. The molecule has 0 aliphatic rings. The van der Waals surface area contributed by atoms with Crippen LogP contribution >= 0.6 is 11.6 Å². The topological polar surface area (TPSA) is 64.7 Å². The van der Waals surface area contributed by atoms with Crippen LogP contribution in [0.2, 0.25) is 5.15 Å². The number of nitrogens with one attached hydrogen (secondary N) is 1. The SMILES string of the molecule is Cc1nn(-c2ccc(F)cc2)c(Cl)c1/C=C/C(=O)Nc1c(C)nn(-c2ccccc2)c1C. The zero-order chi connectivity index (χ0) is 22.8. The Bertz CT molecular complexity index is 1310. The number of carbonyl (C=O) groups excluding carboxylic acids is 1. The lowest BCUT2D eigenvalue weighted by molar-refractivity contribution is -0.111. The number of para-hydroxylation sites is 1. The van der Waals surface area contributed by atoms with Crippen molar-refractivity contribution in [2.24, 2.45) is 0 Å². The van der Waals surface area contributed by atoms with E-state index in [1.807, 2.05) is 44.2 Å². The minimum atomic E-state index is -0.341. The van der Waals surface area contributed by atoms with Gasteiger partial charge in [-0.3, -0.25) is 4.79 Å². The lowest BCUT2D eigenvalue weighted by atomic mass is 10.2. The van der Waals surface area contributed by atoms with E-state index in [0.29, 0.717) is 33.5 Å². The third-order valence-electron chi connectivity index (χ3n) is 5.06. The summed E-state index contributed by atoms with van der Waals surface area (Å²) in [6.45, 7) is 5.54. The van der Waals surface area contributed by atoms with Gasteiger partial charge in [-0.05, 0) is 63.2 Å². The molecule has 1 amide bonds. The molecule has 0 spiro atoms. The van der Waals surface area contributed by atoms with E-state index in [2.05, 4.69) is 15.5 Å². The zero-order valence-electron chi connectivity index (χ0n) is 17.8. The molecule has 2 aromatic heterocycles. The van der Waals surface area contributed by atoms with Gasteiger partial charge >= 0.3 is 0 Å². The number of benzene rings is 2. The van der Waals surface area contributed by atoms with Crippen LogP contribution in [0.3, 0.4) is 0 Å². The summed E-state index contributed by atoms with van der Waals surface area (Å²) in [5.74, 6) is -0.652. The maximum Gasteiger partial charge on any atom is 0.248 e. The Kier molecular flexibility index (Phi) is 5.92. The van der Waals surface area contributed by atoms with Gasteiger partial charge in [0.05, 0.1) is 34.1 Å². The molecule has 162 valence electrons. The second-order valence-corrected chi connectivity index (χ2v) is 7.65. The third-order valence-corrected chi connectivity index (χ3v) is 5.42. The lowest BCUT2D eigenvalue weighted by Crippen LogP contribution is -2.09. The average molecular weight is 450 g/mol. The van der Waals surface area contributed by atoms with Crippen LogP contribution < -0.4 is 5.32 Å². The standard InChI is InChI=1S/C24H21ClFN5O/c1-15-21(24(25)31(28-15)20-11-9-18(26)10-12-20)13-14-22(32)27-23-16(2)29-30(17(23)3)19-7-5-4-6-8-19/h4-14H,1-3H3,(H,27,32)/b14-13+. The summed E-state index contributed by atoms with van der Waals surface area (Å²) < 4.78 is 16.5. The number of rotatable bonds is 5. The van der Waals surface area contributed by atoms with Crippen molar-refractivity contribution in [3.63, 3.8) is 0 Å². The summed E-state index contributed by atoms with van der Waals surface area (Å²) in [4.78, 5) is 12.6. The fraction of sp³-hybridized carbons (Fsp3) is 0.125. The van der Waals surface area contributed by atoms with Gasteiger partial charge < -0.3 is 5.32 Å². The van der Waals surface area contributed by atoms with Crippen LogP contribution in [0.15, 0.2) is 60.7 Å². The van der Waals surface area contributed by atoms with Gasteiger partial charge in [0.25, 0.3) is 0 Å². The van der Waals surface area contributed by atoms with Gasteiger partial charge in [0, 0.05) is 11.6 Å². The number of hydrogen-bond acceptors (Lipinski definition) is 3. The summed E-state index contributed by atoms with van der Waals surface area (Å²) in [5, 5.41) is 12.2. The Balaban J connectivity index is 1.55. The van der Waals surface area contributed by atoms with Crippen LogP contribution in [-0.2, 0) is 4.79 Å². The molecule has 0 aliphatic carbocycles. The molecule has 4 aromatic rings. The summed E-state index contributed by atoms with van der Waals surface area (Å²) in [6.07, 6.45) is 3.02. The van der Waals surface area contributed by atoms with Crippen LogP contribution in [0.5, 0.6) is 0 Å². The summed E-state index contributed by atoms with van der Waals surface area (Å²) >= 11 is 6.48. The van der Waals surface area contributed by atoms with Crippen molar-refractivity contribution in [3.8, 4) is 11.4 Å². The first-order valence-corrected chi connectivity index (χ1v) is 10.3. The number of aryl methyl sites for hydroxylation is 2. The quantitative estimate of drug-likeness (QED) is 0.413. The highest BCUT2D eigenvalue weighted by Crippen LogP contribution is 2.26. The van der Waals surface area contributed by atoms with Crippen molar-refractivity contribution in [2.75, 3.05) is 5.32 Å². The molecule has 0 bridgehead atoms. The van der Waals surface area contributed by atoms with Gasteiger partial charge in [0.15, 0.2) is 0 Å². The molecule has 0 fully saturated rings. The van der Waals surface area contributed by atoms with Gasteiger partial charge in [-0.2, -0.15) is 10.2 Å². The molecule has 0 aliphatic heterocycles. The molecule has 4 rings (SSSR count). The van der Waals surface area contributed by atoms with E-state index in [1.165, 1.54) is 22.9 Å². The molecule has 2 heterocycles. The molecule has 32 heavy (non-hydrogen) atoms. The smallest absolute Gasteiger partial charge is 0.248 e. The van der Waals surface area contributed by atoms with Gasteiger partial charge in [-0.1, -0.05) is 29.8 Å². The largest absolute Gasteiger partial charge is 0.319 e. The van der Waals surface area contributed by atoms with E-state index in [9.17, 15) is 9.18 Å². The molecule has 0 unspecified atom stereocenters. The minimum Gasteiger partial charge on any atom is -0.319 e. The number of hydrogen-bond donors (Lipinski definition) is 1. The van der Waals surface area contributed by atoms with Crippen LogP contribution in [0.1, 0.15) is 22.6 Å². The van der Waals surface area contributed by atoms with Gasteiger partial charge in [0.1, 0.15) is 11.0 Å². The Morgan fingerprint density at radius 2 is 1.56 bits per heavy atom. The highest BCUT2D eigenvalue weighted by molar-refractivity contribution is 6.31. The average Bonchev–Trinajstić information content (AvgIpc) is 3.23. The van der Waals surface area contributed by atoms with Crippen molar-refractivity contribution >= 4 is 29.3 Å². The Labute approximate surface area is 189 Å². The number of amides is 1. The van der Waals surface area contributed by atoms with E-state index >= 15 is 0 Å². The highest BCUT2D eigenvalue weighted by atomic mass is 35.5. The van der Waals surface area contributed by atoms with Gasteiger partial charge in [-0.25, -0.2) is 13.8 Å². The summed E-state index contributed by atoms with van der Waals surface area (Å²) in [5.41, 5.74) is 5.00. The first-order chi connectivity index (χ1) is 15.3. The van der Waals surface area contributed by atoms with Crippen molar-refractivity contribution in [1.29, 1.82) is 0 Å². The van der Waals surface area contributed by atoms with Crippen LogP contribution in [-0.4, -0.2) is 25.5 Å². The van der Waals surface area contributed by atoms with Crippen LogP contribution in [0.25, 0.3) is 17.5 Å². The van der Waals surface area contributed by atoms with E-state index in [-0.39, 0.29) is 11.7 Å². The van der Waals surface area contributed by atoms with E-state index in [0.717, 1.165) is 11.4 Å². The second kappa shape index (κ2) is 8.80. The molecule has 0 saturated heterocycles. The molecule has 0 atom stereocenters. The third kappa shape index (κ3) is 4.20. The van der Waals surface area contributed by atoms with E-state index in [4.69, 9.17) is 11.6 Å². The van der Waals surface area contributed by atoms with Crippen LogP contribution in [0, 0.1) is 26.6 Å². The number of aromatic nitrogens is 4. The minimum absolute atomic E-state index is 0.311. The van der Waals surface area contributed by atoms with Crippen molar-refractivity contribution in [1.82, 2.24) is 19.6 Å². The maximum absolute atomic E-state index is 13.2. The molecule has 0 radical (unpaired) electrons. The fourth-order valence-corrected chi connectivity index (χ4v) is 3.76. The molecular weight excluding hydrogens is 429 g/mol. The maximum atomic E-state index is 13.2. The Hall–Kier alpha value is -3.71. The first-order valence-electron chi connectivity index (χ1n) is 9.97. The second-order valence-electron chi connectivity index (χ2n) is 7.29. The molecule has 8 heteroatoms. The monoisotopic (exact) mass is 449 g/mol. The molecule has 2 aromatic carbocycles. The molecule has 0 saturated carbocycles. The van der Waals surface area contributed by atoms with Gasteiger partial charge in [0.2, 0.25) is 5.91 Å². The molecular formula is C24H21ClFN5O. The number of halogens is 2. The van der Waals surface area contributed by atoms with Crippen molar-refractivity contribution < 1.29 is 9.18 Å². The van der Waals surface area contributed by atoms with Gasteiger partial charge in [-0.15, -0.1) is 0 Å². The van der Waals surface area contributed by atoms with Crippen molar-refractivity contribution in [3.05, 3.63) is 94.3 Å². The Morgan fingerprint density at radius 1 is 0.938 bits per heavy atom. The number of carbonyl (C=O) groups is 1. The van der Waals surface area contributed by atoms with E-state index < -0.39 is 0 Å². The predicted octanol–water partition coefficient (Wildman–Crippen LogP) is 5.43. The van der Waals surface area contributed by atoms with Crippen LogP contribution in [0.4, 0.5) is 10.1 Å². The molecule has 6 nitrogen and oxygen atoms in total. The summed E-state index contributed by atoms with van der Waals surface area (Å²) in [6, 6.07) is 15.6. The summed E-state index contributed by atoms with van der Waals surface area (Å²) in [7, 11) is 0. The predicted molar refractivity (Wildman–Crippen MR) is 124 cm³/mol. The Morgan fingerprint density at radius 3 is 2.25 bits per heavy atom. The fourth-order valence-electron chi connectivity index (χ4n) is 3.42. The molecule has 1 N–H and O–H groups in total. The highest BCUT2D eigenvalue weighted by Gasteiger charge is 2.16.